The summed E-state index contributed by atoms with van der Waals surface area (Å²) in [5.74, 6) is -1.55. The Balaban J connectivity index is 1.98. The zero-order valence-electron chi connectivity index (χ0n) is 10.9. The van der Waals surface area contributed by atoms with Crippen LogP contribution in [0.3, 0.4) is 0 Å². The molecule has 1 amide bonds. The average molecular weight is 319 g/mol. The number of aromatic carboxylic acids is 1. The van der Waals surface area contributed by atoms with Crippen molar-refractivity contribution in [2.24, 2.45) is 5.10 Å². The Kier molecular flexibility index (Phi) is 4.59. The number of rotatable bonds is 5. The number of carbonyl (C=O) groups excluding carboxylic acids is 1. The number of nitro groups is 1. The molecule has 2 aromatic rings. The molecule has 2 N–H and O–H groups in total. The van der Waals surface area contributed by atoms with Crippen LogP contribution in [-0.4, -0.2) is 28.1 Å². The standard InChI is InChI=1S/C13H9N3O5S/c17-12(8-1-3-9(4-2-8)16(20)21)15-14-7-10-5-6-11(22-10)13(18)19/h1-7H,(H,15,17)(H,18,19). The molecule has 1 aromatic carbocycles. The second-order valence-corrected chi connectivity index (χ2v) is 5.13. The van der Waals surface area contributed by atoms with E-state index in [1.54, 1.807) is 6.07 Å². The Morgan fingerprint density at radius 3 is 2.45 bits per heavy atom. The van der Waals surface area contributed by atoms with Gasteiger partial charge in [-0.3, -0.25) is 14.9 Å². The van der Waals surface area contributed by atoms with E-state index in [0.717, 1.165) is 11.3 Å². The minimum Gasteiger partial charge on any atom is -0.477 e. The number of nitro benzene ring substituents is 1. The molecule has 0 atom stereocenters. The van der Waals surface area contributed by atoms with Gasteiger partial charge >= 0.3 is 5.97 Å². The van der Waals surface area contributed by atoms with Crippen molar-refractivity contribution in [1.29, 1.82) is 0 Å². The van der Waals surface area contributed by atoms with Crippen molar-refractivity contribution in [3.8, 4) is 0 Å². The zero-order chi connectivity index (χ0) is 16.1. The van der Waals surface area contributed by atoms with Gasteiger partial charge < -0.3 is 5.11 Å². The SMILES string of the molecule is O=C(NN=Cc1ccc(C(=O)O)s1)c1ccc([N+](=O)[O-])cc1. The van der Waals surface area contributed by atoms with Gasteiger partial charge in [0.25, 0.3) is 11.6 Å². The van der Waals surface area contributed by atoms with Crippen molar-refractivity contribution in [2.45, 2.75) is 0 Å². The number of hydrogen-bond donors (Lipinski definition) is 2. The van der Waals surface area contributed by atoms with Gasteiger partial charge in [0.2, 0.25) is 0 Å². The number of hydrazone groups is 1. The molecular formula is C13H9N3O5S. The quantitative estimate of drug-likeness (QED) is 0.496. The van der Waals surface area contributed by atoms with Gasteiger partial charge in [-0.1, -0.05) is 0 Å². The number of thiophene rings is 1. The highest BCUT2D eigenvalue weighted by atomic mass is 32.1. The third kappa shape index (κ3) is 3.73. The van der Waals surface area contributed by atoms with Crippen LogP contribution in [0.15, 0.2) is 41.5 Å². The number of nitrogens with one attached hydrogen (secondary N) is 1. The third-order valence-corrected chi connectivity index (χ3v) is 3.54. The maximum atomic E-state index is 11.7. The van der Waals surface area contributed by atoms with E-state index >= 15 is 0 Å². The van der Waals surface area contributed by atoms with Gasteiger partial charge in [-0.05, 0) is 24.3 Å². The largest absolute Gasteiger partial charge is 0.477 e. The van der Waals surface area contributed by atoms with Crippen LogP contribution in [0, 0.1) is 10.1 Å². The van der Waals surface area contributed by atoms with Gasteiger partial charge in [0.1, 0.15) is 4.88 Å². The normalized spacial score (nSPS) is 10.5. The number of amides is 1. The molecule has 0 saturated carbocycles. The van der Waals surface area contributed by atoms with Gasteiger partial charge in [-0.15, -0.1) is 11.3 Å². The summed E-state index contributed by atoms with van der Waals surface area (Å²) in [6.07, 6.45) is 1.32. The zero-order valence-corrected chi connectivity index (χ0v) is 11.7. The highest BCUT2D eigenvalue weighted by Gasteiger charge is 2.09. The molecule has 9 heteroatoms. The van der Waals surface area contributed by atoms with E-state index in [0.29, 0.717) is 4.88 Å². The van der Waals surface area contributed by atoms with Crippen LogP contribution in [0.5, 0.6) is 0 Å². The number of non-ortho nitro benzene ring substituents is 1. The number of carboxylic acids is 1. The first-order chi connectivity index (χ1) is 10.5. The summed E-state index contributed by atoms with van der Waals surface area (Å²) in [6, 6.07) is 8.07. The summed E-state index contributed by atoms with van der Waals surface area (Å²) in [5, 5.41) is 23.0. The van der Waals surface area contributed by atoms with E-state index in [-0.39, 0.29) is 16.1 Å². The molecule has 2 rings (SSSR count). The average Bonchev–Trinajstić information content (AvgIpc) is 2.96. The Morgan fingerprint density at radius 1 is 1.23 bits per heavy atom. The number of carboxylic acid groups (broad SMARTS) is 1. The van der Waals surface area contributed by atoms with Crippen LogP contribution in [0.4, 0.5) is 5.69 Å². The van der Waals surface area contributed by atoms with Gasteiger partial charge in [0, 0.05) is 22.6 Å². The van der Waals surface area contributed by atoms with Crippen LogP contribution >= 0.6 is 11.3 Å². The minimum atomic E-state index is -1.03. The first-order valence-electron chi connectivity index (χ1n) is 5.88. The smallest absolute Gasteiger partial charge is 0.345 e. The van der Waals surface area contributed by atoms with Crippen molar-refractivity contribution >= 4 is 35.1 Å². The van der Waals surface area contributed by atoms with E-state index in [1.807, 2.05) is 0 Å². The summed E-state index contributed by atoms with van der Waals surface area (Å²) in [4.78, 5) is 33.1. The van der Waals surface area contributed by atoms with E-state index < -0.39 is 16.8 Å². The predicted octanol–water partition coefficient (Wildman–Crippen LogP) is 2.12. The topological polar surface area (TPSA) is 122 Å². The molecule has 1 aromatic heterocycles. The number of nitrogens with zero attached hydrogens (tertiary/aromatic N) is 2. The summed E-state index contributed by atoms with van der Waals surface area (Å²) in [5.41, 5.74) is 2.37. The fraction of sp³-hybridized carbons (Fsp3) is 0. The van der Waals surface area contributed by atoms with Crippen LogP contribution in [0.2, 0.25) is 0 Å². The Labute approximate surface area is 127 Å². The lowest BCUT2D eigenvalue weighted by atomic mass is 10.2. The van der Waals surface area contributed by atoms with Crippen molar-refractivity contribution in [2.75, 3.05) is 0 Å². The highest BCUT2D eigenvalue weighted by Crippen LogP contribution is 2.14. The maximum Gasteiger partial charge on any atom is 0.345 e. The molecule has 0 radical (unpaired) electrons. The Morgan fingerprint density at radius 2 is 1.91 bits per heavy atom. The fourth-order valence-electron chi connectivity index (χ4n) is 1.49. The second kappa shape index (κ2) is 6.59. The molecule has 112 valence electrons. The summed E-state index contributed by atoms with van der Waals surface area (Å²) in [6.45, 7) is 0. The van der Waals surface area contributed by atoms with Crippen LogP contribution in [0.1, 0.15) is 24.9 Å². The van der Waals surface area contributed by atoms with Crippen LogP contribution < -0.4 is 5.43 Å². The van der Waals surface area contributed by atoms with E-state index in [4.69, 9.17) is 5.11 Å². The fourth-order valence-corrected chi connectivity index (χ4v) is 2.21. The third-order valence-electron chi connectivity index (χ3n) is 2.54. The van der Waals surface area contributed by atoms with Crippen molar-refractivity contribution < 1.29 is 19.6 Å². The molecule has 0 saturated heterocycles. The number of carbonyl (C=O) groups is 2. The molecule has 8 nitrogen and oxygen atoms in total. The monoisotopic (exact) mass is 319 g/mol. The molecular weight excluding hydrogens is 310 g/mol. The van der Waals surface area contributed by atoms with E-state index in [2.05, 4.69) is 10.5 Å². The molecule has 0 spiro atoms. The number of benzene rings is 1. The van der Waals surface area contributed by atoms with Crippen LogP contribution in [0.25, 0.3) is 0 Å². The second-order valence-electron chi connectivity index (χ2n) is 4.01. The highest BCUT2D eigenvalue weighted by molar-refractivity contribution is 7.15. The molecule has 22 heavy (non-hydrogen) atoms. The first kappa shape index (κ1) is 15.3. The summed E-state index contributed by atoms with van der Waals surface area (Å²) < 4.78 is 0. The van der Waals surface area contributed by atoms with E-state index in [1.165, 1.54) is 36.5 Å². The number of hydrogen-bond acceptors (Lipinski definition) is 6. The van der Waals surface area contributed by atoms with E-state index in [9.17, 15) is 19.7 Å². The van der Waals surface area contributed by atoms with Gasteiger partial charge in [-0.2, -0.15) is 5.10 Å². The maximum absolute atomic E-state index is 11.7. The molecule has 0 bridgehead atoms. The predicted molar refractivity (Wildman–Crippen MR) is 79.4 cm³/mol. The minimum absolute atomic E-state index is 0.111. The summed E-state index contributed by atoms with van der Waals surface area (Å²) >= 11 is 1.02. The molecule has 0 aliphatic heterocycles. The van der Waals surface area contributed by atoms with Gasteiger partial charge in [0.05, 0.1) is 11.1 Å². The molecule has 0 fully saturated rings. The Bertz CT molecular complexity index is 751. The van der Waals surface area contributed by atoms with Gasteiger partial charge in [-0.25, -0.2) is 10.2 Å². The van der Waals surface area contributed by atoms with Crippen molar-refractivity contribution in [3.05, 3.63) is 61.8 Å². The molecule has 0 unspecified atom stereocenters. The van der Waals surface area contributed by atoms with Crippen LogP contribution in [-0.2, 0) is 0 Å². The summed E-state index contributed by atoms with van der Waals surface area (Å²) in [7, 11) is 0. The first-order valence-corrected chi connectivity index (χ1v) is 6.70. The van der Waals surface area contributed by atoms with Crippen molar-refractivity contribution in [3.63, 3.8) is 0 Å². The Hall–Kier alpha value is -3.07. The molecule has 1 heterocycles. The molecule has 0 aliphatic rings. The lowest BCUT2D eigenvalue weighted by Gasteiger charge is -1.98. The van der Waals surface area contributed by atoms with Gasteiger partial charge in [0.15, 0.2) is 0 Å². The van der Waals surface area contributed by atoms with Crippen molar-refractivity contribution in [1.82, 2.24) is 5.43 Å². The lowest BCUT2D eigenvalue weighted by Crippen LogP contribution is -2.17. The lowest BCUT2D eigenvalue weighted by molar-refractivity contribution is -0.384. The molecule has 0 aliphatic carbocycles.